The van der Waals surface area contributed by atoms with E-state index in [1.807, 2.05) is 30.3 Å². The van der Waals surface area contributed by atoms with Gasteiger partial charge in [-0.1, -0.05) is 42.5 Å². The van der Waals surface area contributed by atoms with Gasteiger partial charge in [0.2, 0.25) is 0 Å². The first-order valence-electron chi connectivity index (χ1n) is 5.89. The third-order valence-electron chi connectivity index (χ3n) is 2.67. The summed E-state index contributed by atoms with van der Waals surface area (Å²) in [5.74, 6) is -0.763. The van der Waals surface area contributed by atoms with Gasteiger partial charge in [0, 0.05) is 5.56 Å². The molecule has 0 saturated carbocycles. The van der Waals surface area contributed by atoms with Gasteiger partial charge < -0.3 is 14.9 Å². The van der Waals surface area contributed by atoms with Crippen LogP contribution in [0.2, 0.25) is 0 Å². The Labute approximate surface area is 110 Å². The fraction of sp³-hybridized carbons (Fsp3) is 0.133. The largest absolute Gasteiger partial charge is 0.490 e. The van der Waals surface area contributed by atoms with Crippen LogP contribution < -0.4 is 4.74 Å². The SMILES string of the molecule is O=C(O)c1cccc(-c2ccccc2)c1OCCO. The molecule has 0 aliphatic rings. The average Bonchev–Trinajstić information content (AvgIpc) is 2.45. The summed E-state index contributed by atoms with van der Waals surface area (Å²) in [7, 11) is 0. The number of hydrogen-bond acceptors (Lipinski definition) is 3. The van der Waals surface area contributed by atoms with Gasteiger partial charge in [0.25, 0.3) is 0 Å². The maximum absolute atomic E-state index is 11.2. The normalized spacial score (nSPS) is 10.2. The topological polar surface area (TPSA) is 66.8 Å². The molecule has 4 nitrogen and oxygen atoms in total. The molecule has 0 saturated heterocycles. The number of para-hydroxylation sites is 1. The highest BCUT2D eigenvalue weighted by molar-refractivity contribution is 5.94. The summed E-state index contributed by atoms with van der Waals surface area (Å²) < 4.78 is 5.40. The van der Waals surface area contributed by atoms with Crippen LogP contribution in [0.5, 0.6) is 5.75 Å². The zero-order valence-corrected chi connectivity index (χ0v) is 10.2. The lowest BCUT2D eigenvalue weighted by Crippen LogP contribution is -2.08. The molecule has 0 aliphatic carbocycles. The molecule has 98 valence electrons. The first-order valence-corrected chi connectivity index (χ1v) is 5.89. The number of benzene rings is 2. The monoisotopic (exact) mass is 258 g/mol. The van der Waals surface area contributed by atoms with E-state index in [9.17, 15) is 9.90 Å². The number of carboxylic acid groups (broad SMARTS) is 1. The summed E-state index contributed by atoms with van der Waals surface area (Å²) in [6.45, 7) is -0.105. The van der Waals surface area contributed by atoms with Crippen LogP contribution in [0.25, 0.3) is 11.1 Å². The van der Waals surface area contributed by atoms with E-state index >= 15 is 0 Å². The highest BCUT2D eigenvalue weighted by Gasteiger charge is 2.16. The molecule has 0 heterocycles. The summed E-state index contributed by atoms with van der Waals surface area (Å²) in [6.07, 6.45) is 0. The molecular weight excluding hydrogens is 244 g/mol. The Balaban J connectivity index is 2.53. The molecule has 2 aromatic carbocycles. The molecular formula is C15H14O4. The number of aliphatic hydroxyl groups is 1. The first-order chi connectivity index (χ1) is 9.24. The third-order valence-corrected chi connectivity index (χ3v) is 2.67. The Kier molecular flexibility index (Phi) is 4.15. The molecule has 2 aromatic rings. The van der Waals surface area contributed by atoms with Crippen molar-refractivity contribution in [3.05, 3.63) is 54.1 Å². The number of rotatable bonds is 5. The van der Waals surface area contributed by atoms with E-state index in [2.05, 4.69) is 0 Å². The molecule has 0 fully saturated rings. The van der Waals surface area contributed by atoms with Crippen molar-refractivity contribution in [1.82, 2.24) is 0 Å². The van der Waals surface area contributed by atoms with Gasteiger partial charge in [-0.2, -0.15) is 0 Å². The van der Waals surface area contributed by atoms with Crippen LogP contribution in [0.1, 0.15) is 10.4 Å². The van der Waals surface area contributed by atoms with Crippen molar-refractivity contribution >= 4 is 5.97 Å². The lowest BCUT2D eigenvalue weighted by atomic mass is 10.0. The predicted octanol–water partition coefficient (Wildman–Crippen LogP) is 2.42. The quantitative estimate of drug-likeness (QED) is 0.864. The number of hydrogen-bond donors (Lipinski definition) is 2. The van der Waals surface area contributed by atoms with Crippen molar-refractivity contribution in [2.24, 2.45) is 0 Å². The summed E-state index contributed by atoms with van der Waals surface area (Å²) in [6, 6.07) is 14.4. The average molecular weight is 258 g/mol. The molecule has 0 aromatic heterocycles. The van der Waals surface area contributed by atoms with Gasteiger partial charge in [-0.25, -0.2) is 4.79 Å². The molecule has 2 rings (SSSR count). The van der Waals surface area contributed by atoms with Crippen molar-refractivity contribution < 1.29 is 19.7 Å². The van der Waals surface area contributed by atoms with Crippen LogP contribution in [-0.2, 0) is 0 Å². The van der Waals surface area contributed by atoms with Gasteiger partial charge in [0.15, 0.2) is 0 Å². The minimum absolute atomic E-state index is 0.0596. The summed E-state index contributed by atoms with van der Waals surface area (Å²) in [5.41, 5.74) is 1.67. The van der Waals surface area contributed by atoms with E-state index in [0.717, 1.165) is 5.56 Å². The second-order valence-corrected chi connectivity index (χ2v) is 3.93. The van der Waals surface area contributed by atoms with E-state index in [4.69, 9.17) is 9.84 Å². The molecule has 0 radical (unpaired) electrons. The second kappa shape index (κ2) is 6.02. The molecule has 0 bridgehead atoms. The van der Waals surface area contributed by atoms with E-state index in [0.29, 0.717) is 5.56 Å². The highest BCUT2D eigenvalue weighted by atomic mass is 16.5. The Bertz CT molecular complexity index is 564. The molecule has 0 atom stereocenters. The van der Waals surface area contributed by atoms with Crippen LogP contribution in [0.15, 0.2) is 48.5 Å². The number of carboxylic acids is 1. The lowest BCUT2D eigenvalue weighted by Gasteiger charge is -2.13. The summed E-state index contributed by atoms with van der Waals surface area (Å²) in [5, 5.41) is 18.0. The van der Waals surface area contributed by atoms with E-state index in [-0.39, 0.29) is 24.5 Å². The first kappa shape index (κ1) is 13.1. The number of aliphatic hydroxyl groups excluding tert-OH is 1. The van der Waals surface area contributed by atoms with Crippen molar-refractivity contribution in [3.8, 4) is 16.9 Å². The zero-order valence-electron chi connectivity index (χ0n) is 10.2. The highest BCUT2D eigenvalue weighted by Crippen LogP contribution is 2.33. The van der Waals surface area contributed by atoms with Gasteiger partial charge in [-0.3, -0.25) is 0 Å². The maximum atomic E-state index is 11.2. The van der Waals surface area contributed by atoms with Crippen molar-refractivity contribution in [1.29, 1.82) is 0 Å². The standard InChI is InChI=1S/C15H14O4/c16-9-10-19-14-12(11-5-2-1-3-6-11)7-4-8-13(14)15(17)18/h1-8,16H,9-10H2,(H,17,18). The molecule has 0 unspecified atom stereocenters. The van der Waals surface area contributed by atoms with Gasteiger partial charge >= 0.3 is 5.97 Å². The van der Waals surface area contributed by atoms with Gasteiger partial charge in [-0.15, -0.1) is 0 Å². The van der Waals surface area contributed by atoms with Gasteiger partial charge in [0.1, 0.15) is 17.9 Å². The van der Waals surface area contributed by atoms with Crippen LogP contribution >= 0.6 is 0 Å². The van der Waals surface area contributed by atoms with E-state index in [1.165, 1.54) is 6.07 Å². The number of carbonyl (C=O) groups is 1. The van der Waals surface area contributed by atoms with Crippen LogP contribution in [0.3, 0.4) is 0 Å². The third kappa shape index (κ3) is 2.92. The minimum atomic E-state index is -1.05. The summed E-state index contributed by atoms with van der Waals surface area (Å²) >= 11 is 0. The number of ether oxygens (including phenoxy) is 1. The minimum Gasteiger partial charge on any atom is -0.490 e. The Morgan fingerprint density at radius 1 is 1.05 bits per heavy atom. The van der Waals surface area contributed by atoms with E-state index < -0.39 is 5.97 Å². The molecule has 0 amide bonds. The molecule has 2 N–H and O–H groups in total. The lowest BCUT2D eigenvalue weighted by molar-refractivity contribution is 0.0691. The zero-order chi connectivity index (χ0) is 13.7. The van der Waals surface area contributed by atoms with Gasteiger partial charge in [-0.05, 0) is 11.6 Å². The molecule has 19 heavy (non-hydrogen) atoms. The smallest absolute Gasteiger partial charge is 0.339 e. The molecule has 0 spiro atoms. The Morgan fingerprint density at radius 2 is 1.79 bits per heavy atom. The Hall–Kier alpha value is -2.33. The number of aromatic carboxylic acids is 1. The fourth-order valence-corrected chi connectivity index (χ4v) is 1.85. The summed E-state index contributed by atoms with van der Waals surface area (Å²) in [4.78, 5) is 11.2. The van der Waals surface area contributed by atoms with Crippen molar-refractivity contribution in [2.45, 2.75) is 0 Å². The predicted molar refractivity (Wildman–Crippen MR) is 71.4 cm³/mol. The Morgan fingerprint density at radius 3 is 2.42 bits per heavy atom. The maximum Gasteiger partial charge on any atom is 0.339 e. The van der Waals surface area contributed by atoms with Crippen LogP contribution in [-0.4, -0.2) is 29.4 Å². The molecule has 0 aliphatic heterocycles. The second-order valence-electron chi connectivity index (χ2n) is 3.93. The molecule has 4 heteroatoms. The van der Waals surface area contributed by atoms with Gasteiger partial charge in [0.05, 0.1) is 6.61 Å². The van der Waals surface area contributed by atoms with Crippen LogP contribution in [0.4, 0.5) is 0 Å². The van der Waals surface area contributed by atoms with Crippen molar-refractivity contribution in [3.63, 3.8) is 0 Å². The van der Waals surface area contributed by atoms with Crippen LogP contribution in [0, 0.1) is 0 Å². The van der Waals surface area contributed by atoms with E-state index in [1.54, 1.807) is 12.1 Å². The fourth-order valence-electron chi connectivity index (χ4n) is 1.85. The van der Waals surface area contributed by atoms with Crippen molar-refractivity contribution in [2.75, 3.05) is 13.2 Å².